The van der Waals surface area contributed by atoms with Crippen molar-refractivity contribution in [3.05, 3.63) is 121 Å². The molecule has 0 bridgehead atoms. The molecular weight excluding hydrogens is 444 g/mol. The molecule has 0 amide bonds. The van der Waals surface area contributed by atoms with Crippen LogP contribution in [-0.2, 0) is 9.53 Å². The van der Waals surface area contributed by atoms with Gasteiger partial charge in [-0.3, -0.25) is 4.79 Å². The maximum absolute atomic E-state index is 12.9. The van der Waals surface area contributed by atoms with Gasteiger partial charge >= 0.3 is 5.97 Å². The van der Waals surface area contributed by atoms with E-state index in [2.05, 4.69) is 102 Å². The Kier molecular flexibility index (Phi) is 8.39. The number of hydrogen-bond donors (Lipinski definition) is 0. The zero-order valence-corrected chi connectivity index (χ0v) is 20.4. The van der Waals surface area contributed by atoms with Crippen molar-refractivity contribution < 1.29 is 9.53 Å². The van der Waals surface area contributed by atoms with E-state index in [9.17, 15) is 4.79 Å². The first-order valence-electron chi connectivity index (χ1n) is 11.0. The second-order valence-corrected chi connectivity index (χ2v) is 11.9. The van der Waals surface area contributed by atoms with E-state index >= 15 is 0 Å². The third-order valence-electron chi connectivity index (χ3n) is 5.04. The molecule has 166 valence electrons. The van der Waals surface area contributed by atoms with Crippen LogP contribution in [0.15, 0.2) is 121 Å². The molecule has 0 heterocycles. The summed E-state index contributed by atoms with van der Waals surface area (Å²) in [7, 11) is -1.97. The molecule has 0 unspecified atom stereocenters. The average molecular weight is 471 g/mol. The lowest BCUT2D eigenvalue weighted by molar-refractivity contribution is -0.142. The predicted molar refractivity (Wildman–Crippen MR) is 141 cm³/mol. The topological polar surface area (TPSA) is 29.5 Å². The Morgan fingerprint density at radius 3 is 1.18 bits per heavy atom. The third kappa shape index (κ3) is 5.95. The minimum atomic E-state index is -0.983. The van der Waals surface area contributed by atoms with Crippen LogP contribution in [0.2, 0.25) is 0 Å². The summed E-state index contributed by atoms with van der Waals surface area (Å²) in [4.78, 5) is 12.9. The van der Waals surface area contributed by atoms with Gasteiger partial charge in [-0.1, -0.05) is 121 Å². The SMILES string of the molecule is CCOC(=O)CN(P(c1ccccc1)c1ccccc1)P(c1ccccc1)c1ccccc1. The molecule has 0 aliphatic rings. The Bertz CT molecular complexity index is 964. The zero-order chi connectivity index (χ0) is 22.9. The number of carbonyl (C=O) groups is 1. The van der Waals surface area contributed by atoms with E-state index in [1.807, 2.05) is 31.2 Å². The van der Waals surface area contributed by atoms with Crippen LogP contribution in [0.25, 0.3) is 0 Å². The second-order valence-electron chi connectivity index (χ2n) is 7.30. The van der Waals surface area contributed by atoms with Gasteiger partial charge in [0.05, 0.1) is 6.61 Å². The molecule has 0 aliphatic heterocycles. The maximum Gasteiger partial charge on any atom is 0.320 e. The summed E-state index contributed by atoms with van der Waals surface area (Å²) in [6.07, 6.45) is 0. The second kappa shape index (κ2) is 11.9. The zero-order valence-electron chi connectivity index (χ0n) is 18.6. The highest BCUT2D eigenvalue weighted by Gasteiger charge is 2.33. The van der Waals surface area contributed by atoms with Crippen LogP contribution in [-0.4, -0.2) is 23.6 Å². The van der Waals surface area contributed by atoms with Crippen molar-refractivity contribution in [2.75, 3.05) is 13.2 Å². The van der Waals surface area contributed by atoms with E-state index in [-0.39, 0.29) is 12.5 Å². The number of benzene rings is 4. The van der Waals surface area contributed by atoms with E-state index in [0.717, 1.165) is 0 Å². The van der Waals surface area contributed by atoms with E-state index < -0.39 is 16.1 Å². The maximum atomic E-state index is 12.9. The Hall–Kier alpha value is -2.83. The Balaban J connectivity index is 1.91. The molecule has 0 N–H and O–H groups in total. The molecular formula is C28H27NO2P2. The summed E-state index contributed by atoms with van der Waals surface area (Å²) < 4.78 is 7.84. The van der Waals surface area contributed by atoms with Crippen molar-refractivity contribution in [1.29, 1.82) is 0 Å². The minimum absolute atomic E-state index is 0.198. The molecule has 4 rings (SSSR count). The first-order valence-corrected chi connectivity index (χ1v) is 13.6. The lowest BCUT2D eigenvalue weighted by Gasteiger charge is -2.38. The molecule has 0 aromatic heterocycles. The van der Waals surface area contributed by atoms with Gasteiger partial charge in [0.25, 0.3) is 0 Å². The van der Waals surface area contributed by atoms with Gasteiger partial charge in [0.15, 0.2) is 0 Å². The molecule has 0 aliphatic carbocycles. The Labute approximate surface area is 198 Å². The summed E-state index contributed by atoms with van der Waals surface area (Å²) in [5.74, 6) is -0.198. The minimum Gasteiger partial charge on any atom is -0.465 e. The van der Waals surface area contributed by atoms with Crippen LogP contribution in [0.1, 0.15) is 6.92 Å². The molecule has 0 fully saturated rings. The van der Waals surface area contributed by atoms with E-state index in [1.165, 1.54) is 21.2 Å². The molecule has 4 aromatic rings. The molecule has 0 saturated heterocycles. The fourth-order valence-corrected chi connectivity index (χ4v) is 9.61. The standard InChI is InChI=1S/C28H27NO2P2/c1-2-31-28(30)23-29(32(24-15-7-3-8-16-24)25-17-9-4-10-18-25)33(26-19-11-5-12-20-26)27-21-13-6-14-22-27/h3-22H,2,23H2,1H3. The van der Waals surface area contributed by atoms with Crippen molar-refractivity contribution >= 4 is 43.3 Å². The largest absolute Gasteiger partial charge is 0.465 e. The number of ether oxygens (including phenoxy) is 1. The number of hydrogen-bond acceptors (Lipinski definition) is 3. The van der Waals surface area contributed by atoms with Gasteiger partial charge in [-0.2, -0.15) is 0 Å². The molecule has 3 nitrogen and oxygen atoms in total. The van der Waals surface area contributed by atoms with Crippen LogP contribution in [0.5, 0.6) is 0 Å². The first-order chi connectivity index (χ1) is 16.3. The summed E-state index contributed by atoms with van der Waals surface area (Å²) in [6, 6.07) is 42.1. The fourth-order valence-electron chi connectivity index (χ4n) is 3.66. The van der Waals surface area contributed by atoms with Crippen LogP contribution < -0.4 is 21.2 Å². The highest BCUT2D eigenvalue weighted by Crippen LogP contribution is 2.54. The van der Waals surface area contributed by atoms with Crippen molar-refractivity contribution in [1.82, 2.24) is 4.44 Å². The van der Waals surface area contributed by atoms with Gasteiger partial charge in [0, 0.05) is 16.1 Å². The molecule has 0 atom stereocenters. The number of carbonyl (C=O) groups excluding carboxylic acids is 1. The van der Waals surface area contributed by atoms with Crippen LogP contribution in [0, 0.1) is 0 Å². The fraction of sp³-hybridized carbons (Fsp3) is 0.107. The predicted octanol–water partition coefficient (Wildman–Crippen LogP) is 4.95. The van der Waals surface area contributed by atoms with Crippen molar-refractivity contribution in [2.45, 2.75) is 6.92 Å². The molecule has 0 spiro atoms. The smallest absolute Gasteiger partial charge is 0.320 e. The molecule has 0 radical (unpaired) electrons. The van der Waals surface area contributed by atoms with Crippen LogP contribution >= 0.6 is 16.1 Å². The van der Waals surface area contributed by atoms with Gasteiger partial charge in [-0.25, -0.2) is 4.44 Å². The number of nitrogens with zero attached hydrogens (tertiary/aromatic N) is 1. The normalized spacial score (nSPS) is 11.2. The molecule has 4 aromatic carbocycles. The summed E-state index contributed by atoms with van der Waals surface area (Å²) >= 11 is 0. The number of rotatable bonds is 9. The van der Waals surface area contributed by atoms with Crippen molar-refractivity contribution in [3.8, 4) is 0 Å². The molecule has 33 heavy (non-hydrogen) atoms. The summed E-state index contributed by atoms with van der Waals surface area (Å²) in [6.45, 7) is 2.45. The highest BCUT2D eigenvalue weighted by molar-refractivity contribution is 7.84. The Morgan fingerprint density at radius 1 is 0.606 bits per heavy atom. The van der Waals surface area contributed by atoms with Gasteiger partial charge in [-0.15, -0.1) is 0 Å². The first kappa shape index (κ1) is 23.3. The summed E-state index contributed by atoms with van der Waals surface area (Å²) in [5.41, 5.74) is 0. The van der Waals surface area contributed by atoms with E-state index in [1.54, 1.807) is 0 Å². The van der Waals surface area contributed by atoms with Crippen LogP contribution in [0.3, 0.4) is 0 Å². The van der Waals surface area contributed by atoms with Crippen molar-refractivity contribution in [2.24, 2.45) is 0 Å². The lowest BCUT2D eigenvalue weighted by Crippen LogP contribution is -2.35. The highest BCUT2D eigenvalue weighted by atomic mass is 31.2. The molecule has 5 heteroatoms. The van der Waals surface area contributed by atoms with Gasteiger partial charge in [0.1, 0.15) is 6.54 Å². The summed E-state index contributed by atoms with van der Waals surface area (Å²) in [5, 5.41) is 4.84. The Morgan fingerprint density at radius 2 is 0.909 bits per heavy atom. The lowest BCUT2D eigenvalue weighted by atomic mass is 10.4. The van der Waals surface area contributed by atoms with Gasteiger partial charge in [0.2, 0.25) is 0 Å². The quantitative estimate of drug-likeness (QED) is 0.256. The van der Waals surface area contributed by atoms with Crippen molar-refractivity contribution in [3.63, 3.8) is 0 Å². The van der Waals surface area contributed by atoms with E-state index in [0.29, 0.717) is 6.61 Å². The van der Waals surface area contributed by atoms with Gasteiger partial charge in [-0.05, 0) is 28.1 Å². The average Bonchev–Trinajstić information content (AvgIpc) is 2.87. The number of esters is 1. The van der Waals surface area contributed by atoms with Crippen LogP contribution in [0.4, 0.5) is 0 Å². The molecule has 0 saturated carbocycles. The van der Waals surface area contributed by atoms with Gasteiger partial charge < -0.3 is 4.74 Å². The third-order valence-corrected chi connectivity index (χ3v) is 10.5. The van der Waals surface area contributed by atoms with E-state index in [4.69, 9.17) is 4.74 Å². The monoisotopic (exact) mass is 471 g/mol.